The van der Waals surface area contributed by atoms with E-state index in [1.54, 1.807) is 6.92 Å². The average Bonchev–Trinajstić information content (AvgIpc) is 2.69. The Bertz CT molecular complexity index is 843. The van der Waals surface area contributed by atoms with E-state index in [-0.39, 0.29) is 11.6 Å². The zero-order valence-electron chi connectivity index (χ0n) is 16.4. The second-order valence-electron chi connectivity index (χ2n) is 7.12. The third-order valence-electron chi connectivity index (χ3n) is 5.19. The summed E-state index contributed by atoms with van der Waals surface area (Å²) in [5, 5.41) is 13.7. The summed E-state index contributed by atoms with van der Waals surface area (Å²) in [4.78, 5) is 27.8. The molecule has 7 nitrogen and oxygen atoms in total. The van der Waals surface area contributed by atoms with Crippen LogP contribution in [-0.4, -0.2) is 53.4 Å². The average molecular weight is 382 g/mol. The van der Waals surface area contributed by atoms with Gasteiger partial charge in [-0.1, -0.05) is 19.1 Å². The number of anilines is 1. The molecule has 0 aliphatic carbocycles. The minimum absolute atomic E-state index is 0.0145. The minimum Gasteiger partial charge on any atom is -0.322 e. The first-order valence-corrected chi connectivity index (χ1v) is 9.56. The van der Waals surface area contributed by atoms with Crippen LogP contribution in [0, 0.1) is 17.0 Å². The standard InChI is InChI=1S/C21H26N4O3/c1-3-23-10-12-24(13-11-23)15-17-4-7-19(8-5-17)22-21(26)18-6-9-20(25(27)28)16(2)14-18/h4-9,14H,3,10-13,15H2,1-2H3,(H,22,26). The SMILES string of the molecule is CCN1CCN(Cc2ccc(NC(=O)c3ccc([N+](=O)[O-])c(C)c3)cc2)CC1. The number of nitro benzene ring substituents is 1. The van der Waals surface area contributed by atoms with Gasteiger partial charge in [0.25, 0.3) is 11.6 Å². The zero-order valence-corrected chi connectivity index (χ0v) is 16.4. The molecular weight excluding hydrogens is 356 g/mol. The van der Waals surface area contributed by atoms with Gasteiger partial charge in [-0.3, -0.25) is 19.8 Å². The van der Waals surface area contributed by atoms with Crippen molar-refractivity contribution >= 4 is 17.3 Å². The summed E-state index contributed by atoms with van der Waals surface area (Å²) in [6, 6.07) is 12.2. The molecule has 2 aromatic rings. The number of piperazine rings is 1. The number of amides is 1. The number of hydrogen-bond donors (Lipinski definition) is 1. The van der Waals surface area contributed by atoms with Crippen LogP contribution >= 0.6 is 0 Å². The Morgan fingerprint density at radius 3 is 2.29 bits per heavy atom. The first-order chi connectivity index (χ1) is 13.5. The van der Waals surface area contributed by atoms with Crippen LogP contribution in [0.25, 0.3) is 0 Å². The Labute approximate surface area is 165 Å². The maximum Gasteiger partial charge on any atom is 0.272 e. The molecule has 2 aromatic carbocycles. The van der Waals surface area contributed by atoms with E-state index in [1.165, 1.54) is 23.8 Å². The van der Waals surface area contributed by atoms with Crippen LogP contribution in [0.3, 0.4) is 0 Å². The molecule has 0 atom stereocenters. The van der Waals surface area contributed by atoms with E-state index in [4.69, 9.17) is 0 Å². The predicted molar refractivity (Wildman–Crippen MR) is 110 cm³/mol. The van der Waals surface area contributed by atoms with Gasteiger partial charge in [-0.25, -0.2) is 0 Å². The summed E-state index contributed by atoms with van der Waals surface area (Å²) >= 11 is 0. The minimum atomic E-state index is -0.447. The van der Waals surface area contributed by atoms with Crippen molar-refractivity contribution < 1.29 is 9.72 Å². The number of benzene rings is 2. The first-order valence-electron chi connectivity index (χ1n) is 9.56. The van der Waals surface area contributed by atoms with Gasteiger partial charge in [-0.15, -0.1) is 0 Å². The van der Waals surface area contributed by atoms with E-state index < -0.39 is 4.92 Å². The highest BCUT2D eigenvalue weighted by Crippen LogP contribution is 2.20. The number of carbonyl (C=O) groups excluding carboxylic acids is 1. The Morgan fingerprint density at radius 2 is 1.71 bits per heavy atom. The summed E-state index contributed by atoms with van der Waals surface area (Å²) in [6.07, 6.45) is 0. The number of rotatable bonds is 6. The maximum atomic E-state index is 12.4. The van der Waals surface area contributed by atoms with Crippen molar-refractivity contribution in [2.75, 3.05) is 38.0 Å². The van der Waals surface area contributed by atoms with Crippen LogP contribution in [0.15, 0.2) is 42.5 Å². The normalized spacial score (nSPS) is 15.4. The molecule has 0 bridgehead atoms. The van der Waals surface area contributed by atoms with Crippen LogP contribution in [-0.2, 0) is 6.54 Å². The highest BCUT2D eigenvalue weighted by molar-refractivity contribution is 6.04. The molecule has 1 heterocycles. The molecule has 1 fully saturated rings. The van der Waals surface area contributed by atoms with Gasteiger partial charge in [0.05, 0.1) is 4.92 Å². The van der Waals surface area contributed by atoms with Crippen LogP contribution in [0.5, 0.6) is 0 Å². The molecule has 0 radical (unpaired) electrons. The lowest BCUT2D eigenvalue weighted by Crippen LogP contribution is -2.45. The third-order valence-corrected chi connectivity index (χ3v) is 5.19. The topological polar surface area (TPSA) is 78.7 Å². The zero-order chi connectivity index (χ0) is 20.1. The molecule has 1 amide bonds. The van der Waals surface area contributed by atoms with E-state index in [9.17, 15) is 14.9 Å². The van der Waals surface area contributed by atoms with Crippen LogP contribution in [0.1, 0.15) is 28.4 Å². The van der Waals surface area contributed by atoms with Gasteiger partial charge < -0.3 is 10.2 Å². The van der Waals surface area contributed by atoms with E-state index in [2.05, 4.69) is 22.0 Å². The summed E-state index contributed by atoms with van der Waals surface area (Å²) < 4.78 is 0. The molecule has 0 saturated carbocycles. The monoisotopic (exact) mass is 382 g/mol. The highest BCUT2D eigenvalue weighted by Gasteiger charge is 2.16. The van der Waals surface area contributed by atoms with Crippen LogP contribution in [0.2, 0.25) is 0 Å². The molecule has 3 rings (SSSR count). The fraction of sp³-hybridized carbons (Fsp3) is 0.381. The number of hydrogen-bond acceptors (Lipinski definition) is 5. The molecule has 1 saturated heterocycles. The van der Waals surface area contributed by atoms with Crippen molar-refractivity contribution in [3.05, 3.63) is 69.3 Å². The van der Waals surface area contributed by atoms with Crippen molar-refractivity contribution in [3.8, 4) is 0 Å². The Balaban J connectivity index is 1.57. The van der Waals surface area contributed by atoms with Crippen molar-refractivity contribution in [1.29, 1.82) is 0 Å². The van der Waals surface area contributed by atoms with Crippen molar-refractivity contribution in [1.82, 2.24) is 9.80 Å². The summed E-state index contributed by atoms with van der Waals surface area (Å²) in [5.74, 6) is -0.276. The number of nitrogens with zero attached hydrogens (tertiary/aromatic N) is 3. The quantitative estimate of drug-likeness (QED) is 0.613. The lowest BCUT2D eigenvalue weighted by atomic mass is 10.1. The van der Waals surface area contributed by atoms with Gasteiger partial charge in [0.1, 0.15) is 0 Å². The van der Waals surface area contributed by atoms with E-state index in [1.807, 2.05) is 24.3 Å². The summed E-state index contributed by atoms with van der Waals surface area (Å²) in [7, 11) is 0. The first kappa shape index (κ1) is 20.0. The fourth-order valence-electron chi connectivity index (χ4n) is 3.42. The van der Waals surface area contributed by atoms with Gasteiger partial charge in [-0.2, -0.15) is 0 Å². The number of aryl methyl sites for hydroxylation is 1. The molecule has 28 heavy (non-hydrogen) atoms. The molecule has 1 aliphatic heterocycles. The molecule has 1 N–H and O–H groups in total. The van der Waals surface area contributed by atoms with E-state index in [0.717, 1.165) is 39.3 Å². The summed E-state index contributed by atoms with van der Waals surface area (Å²) in [6.45, 7) is 10.2. The predicted octanol–water partition coefficient (Wildman–Crippen LogP) is 3.29. The lowest BCUT2D eigenvalue weighted by Gasteiger charge is -2.34. The van der Waals surface area contributed by atoms with Crippen molar-refractivity contribution in [2.45, 2.75) is 20.4 Å². The van der Waals surface area contributed by atoms with E-state index >= 15 is 0 Å². The van der Waals surface area contributed by atoms with Crippen LogP contribution in [0.4, 0.5) is 11.4 Å². The molecule has 0 aromatic heterocycles. The Morgan fingerprint density at radius 1 is 1.07 bits per heavy atom. The molecule has 0 spiro atoms. The smallest absolute Gasteiger partial charge is 0.272 e. The fourth-order valence-corrected chi connectivity index (χ4v) is 3.42. The number of nitro groups is 1. The van der Waals surface area contributed by atoms with E-state index in [0.29, 0.717) is 16.8 Å². The highest BCUT2D eigenvalue weighted by atomic mass is 16.6. The molecule has 1 aliphatic rings. The largest absolute Gasteiger partial charge is 0.322 e. The van der Waals surface area contributed by atoms with Gasteiger partial charge >= 0.3 is 0 Å². The van der Waals surface area contributed by atoms with Crippen molar-refractivity contribution in [3.63, 3.8) is 0 Å². The second-order valence-corrected chi connectivity index (χ2v) is 7.12. The molecule has 148 valence electrons. The Kier molecular flexibility index (Phi) is 6.38. The van der Waals surface area contributed by atoms with Crippen molar-refractivity contribution in [2.24, 2.45) is 0 Å². The number of nitrogens with one attached hydrogen (secondary N) is 1. The van der Waals surface area contributed by atoms with Gasteiger partial charge in [0.2, 0.25) is 0 Å². The van der Waals surface area contributed by atoms with Crippen LogP contribution < -0.4 is 5.32 Å². The lowest BCUT2D eigenvalue weighted by molar-refractivity contribution is -0.385. The number of carbonyl (C=O) groups is 1. The van der Waals surface area contributed by atoms with Gasteiger partial charge in [0, 0.05) is 55.6 Å². The Hall–Kier alpha value is -2.77. The van der Waals surface area contributed by atoms with Gasteiger partial charge in [0.15, 0.2) is 0 Å². The third kappa shape index (κ3) is 4.94. The second kappa shape index (κ2) is 8.95. The molecule has 0 unspecified atom stereocenters. The maximum absolute atomic E-state index is 12.4. The number of likely N-dealkylation sites (N-methyl/N-ethyl adjacent to an activating group) is 1. The molecular formula is C21H26N4O3. The molecule has 7 heteroatoms. The van der Waals surface area contributed by atoms with Gasteiger partial charge in [-0.05, 0) is 43.3 Å². The summed E-state index contributed by atoms with van der Waals surface area (Å²) in [5.41, 5.74) is 2.81.